The van der Waals surface area contributed by atoms with E-state index in [0.29, 0.717) is 0 Å². The van der Waals surface area contributed by atoms with Gasteiger partial charge in [0.05, 0.1) is 14.1 Å². The quantitative estimate of drug-likeness (QED) is 0.425. The number of rotatable bonds is 4. The van der Waals surface area contributed by atoms with Gasteiger partial charge in [0.25, 0.3) is 0 Å². The van der Waals surface area contributed by atoms with Crippen LogP contribution in [0.15, 0.2) is 12.1 Å². The van der Waals surface area contributed by atoms with Crippen molar-refractivity contribution in [2.45, 2.75) is 65.2 Å². The molecule has 0 aliphatic carbocycles. The first-order chi connectivity index (χ1) is 12.4. The monoisotopic (exact) mass is 431 g/mol. The van der Waals surface area contributed by atoms with Gasteiger partial charge in [-0.3, -0.25) is 0 Å². The summed E-state index contributed by atoms with van der Waals surface area (Å²) < 4.78 is 4.82. The molecule has 1 aromatic rings. The van der Waals surface area contributed by atoms with Crippen LogP contribution in [0.3, 0.4) is 0 Å². The van der Waals surface area contributed by atoms with Gasteiger partial charge in [0.15, 0.2) is 12.8 Å². The van der Waals surface area contributed by atoms with Crippen molar-refractivity contribution in [3.05, 3.63) is 42.9 Å². The number of ether oxygens (including phenoxy) is 1. The van der Waals surface area contributed by atoms with Gasteiger partial charge in [-0.15, -0.1) is 0 Å². The van der Waals surface area contributed by atoms with Crippen LogP contribution >= 0.6 is 0 Å². The van der Waals surface area contributed by atoms with Crippen LogP contribution in [0.1, 0.15) is 71.1 Å². The Hall–Kier alpha value is -0.130. The largest absolute Gasteiger partial charge is 2.00 e. The molecule has 0 bridgehead atoms. The minimum Gasteiger partial charge on any atom is -0.872 e. The molecule has 1 aliphatic rings. The SMILES string of the molecule is C[NH+](C)CC[NH+]=Cc1cc(C(C)(C)C)cc(C(C)(C)C)c1[O-].[CH-]1CCCO1.[CH3-].[Ca+2]. The fourth-order valence-corrected chi connectivity index (χ4v) is 2.67. The first-order valence-electron chi connectivity index (χ1n) is 10.1. The second kappa shape index (κ2) is 14.0. The average Bonchev–Trinajstić information content (AvgIpc) is 3.10. The maximum atomic E-state index is 12.7. The molecule has 1 fully saturated rings. The number of likely N-dealkylation sites (N-methyl/N-ethyl adjacent to an activating group) is 1. The molecule has 2 N–H and O–H groups in total. The summed E-state index contributed by atoms with van der Waals surface area (Å²) in [5.41, 5.74) is 2.76. The molecule has 162 valence electrons. The third-order valence-corrected chi connectivity index (χ3v) is 4.52. The normalized spacial score (nSPS) is 14.2. The summed E-state index contributed by atoms with van der Waals surface area (Å²) in [6, 6.07) is 4.12. The maximum Gasteiger partial charge on any atom is 2.00 e. The van der Waals surface area contributed by atoms with Crippen molar-refractivity contribution in [2.24, 2.45) is 0 Å². The van der Waals surface area contributed by atoms with Gasteiger partial charge in [-0.25, -0.2) is 11.6 Å². The van der Waals surface area contributed by atoms with Crippen LogP contribution in [0.25, 0.3) is 0 Å². The van der Waals surface area contributed by atoms with Crippen LogP contribution in [0.2, 0.25) is 0 Å². The summed E-state index contributed by atoms with van der Waals surface area (Å²) in [5, 5.41) is 12.7. The average molecular weight is 432 g/mol. The van der Waals surface area contributed by atoms with Crippen molar-refractivity contribution < 1.29 is 19.7 Å². The zero-order valence-electron chi connectivity index (χ0n) is 20.4. The van der Waals surface area contributed by atoms with E-state index in [1.807, 2.05) is 18.9 Å². The van der Waals surface area contributed by atoms with Crippen molar-refractivity contribution >= 4 is 44.0 Å². The van der Waals surface area contributed by atoms with Crippen LogP contribution in [-0.4, -0.2) is 77.7 Å². The Bertz CT molecular complexity index is 603. The molecule has 1 heterocycles. The Morgan fingerprint density at radius 2 is 1.76 bits per heavy atom. The van der Waals surface area contributed by atoms with Crippen LogP contribution < -0.4 is 15.0 Å². The molecule has 1 saturated heterocycles. The van der Waals surface area contributed by atoms with Gasteiger partial charge in [0.2, 0.25) is 0 Å². The molecule has 0 spiro atoms. The zero-order valence-corrected chi connectivity index (χ0v) is 22.6. The third kappa shape index (κ3) is 11.7. The van der Waals surface area contributed by atoms with Gasteiger partial charge in [-0.2, -0.15) is 6.42 Å². The van der Waals surface area contributed by atoms with Gasteiger partial charge in [-0.05, 0) is 28.0 Å². The Morgan fingerprint density at radius 1 is 1.14 bits per heavy atom. The molecule has 5 heteroatoms. The van der Waals surface area contributed by atoms with E-state index in [1.54, 1.807) is 0 Å². The summed E-state index contributed by atoms with van der Waals surface area (Å²) >= 11 is 0. The molecule has 2 rings (SSSR count). The van der Waals surface area contributed by atoms with Crippen molar-refractivity contribution in [2.75, 3.05) is 33.8 Å². The maximum absolute atomic E-state index is 12.7. The molecule has 0 saturated carbocycles. The molecular formula is C24H43CaN2O2+. The summed E-state index contributed by atoms with van der Waals surface area (Å²) in [4.78, 5) is 4.68. The second-order valence-electron chi connectivity index (χ2n) is 9.68. The molecule has 0 atom stereocenters. The molecule has 0 amide bonds. The predicted octanol–water partition coefficient (Wildman–Crippen LogP) is 1.03. The van der Waals surface area contributed by atoms with E-state index in [-0.39, 0.29) is 61.7 Å². The molecule has 0 aromatic heterocycles. The smallest absolute Gasteiger partial charge is 0.872 e. The Kier molecular flexibility index (Phi) is 15.0. The fraction of sp³-hybridized carbons (Fsp3) is 0.625. The number of quaternary nitrogens is 1. The van der Waals surface area contributed by atoms with Gasteiger partial charge >= 0.3 is 37.7 Å². The van der Waals surface area contributed by atoms with Crippen molar-refractivity contribution in [3.63, 3.8) is 0 Å². The number of nitrogens with one attached hydrogen (secondary N) is 2. The second-order valence-corrected chi connectivity index (χ2v) is 9.68. The Balaban J connectivity index is 0. The first kappa shape index (κ1) is 31.1. The van der Waals surface area contributed by atoms with E-state index >= 15 is 0 Å². The van der Waals surface area contributed by atoms with Gasteiger partial charge in [0, 0.05) is 12.2 Å². The molecule has 1 aliphatic heterocycles. The first-order valence-corrected chi connectivity index (χ1v) is 10.1. The number of hydrogen-bond donors (Lipinski definition) is 2. The predicted molar refractivity (Wildman–Crippen MR) is 124 cm³/mol. The molecule has 4 nitrogen and oxygen atoms in total. The molecule has 0 radical (unpaired) electrons. The minimum atomic E-state index is -0.144. The van der Waals surface area contributed by atoms with Crippen LogP contribution in [0, 0.1) is 14.0 Å². The minimum absolute atomic E-state index is 0. The van der Waals surface area contributed by atoms with E-state index in [0.717, 1.165) is 37.2 Å². The van der Waals surface area contributed by atoms with E-state index < -0.39 is 0 Å². The Morgan fingerprint density at radius 3 is 2.14 bits per heavy atom. The number of hydrogen-bond acceptors (Lipinski definition) is 2. The fourth-order valence-electron chi connectivity index (χ4n) is 2.67. The summed E-state index contributed by atoms with van der Waals surface area (Å²) in [6.07, 6.45) is 4.26. The standard InChI is InChI=1S/C19H32N2O.C4H7O.CH3.Ca/c1-18(2,3)15-11-14(13-20-9-10-21(7)8)17(22)16(12-15)19(4,5)6;1-2-4-5-3-1;;/h11-13,22H,9-10H2,1-8H3;3H,1-2,4H2;1H3;/q;2*-1;+2/p+1. The van der Waals surface area contributed by atoms with Crippen molar-refractivity contribution in [1.29, 1.82) is 0 Å². The van der Waals surface area contributed by atoms with E-state index in [9.17, 15) is 5.11 Å². The summed E-state index contributed by atoms with van der Waals surface area (Å²) in [7, 11) is 4.25. The molecule has 29 heavy (non-hydrogen) atoms. The van der Waals surface area contributed by atoms with Gasteiger partial charge in [0.1, 0.15) is 6.54 Å². The van der Waals surface area contributed by atoms with Crippen LogP contribution in [0.4, 0.5) is 0 Å². The van der Waals surface area contributed by atoms with E-state index in [2.05, 4.69) is 66.7 Å². The molecule has 0 unspecified atom stereocenters. The van der Waals surface area contributed by atoms with E-state index in [4.69, 9.17) is 4.74 Å². The van der Waals surface area contributed by atoms with Crippen molar-refractivity contribution in [3.8, 4) is 5.75 Å². The van der Waals surface area contributed by atoms with Gasteiger partial charge < -0.3 is 22.2 Å². The van der Waals surface area contributed by atoms with Crippen LogP contribution in [0.5, 0.6) is 5.75 Å². The number of benzene rings is 1. The summed E-state index contributed by atoms with van der Waals surface area (Å²) in [6.45, 7) is 17.6. The topological polar surface area (TPSA) is 50.7 Å². The van der Waals surface area contributed by atoms with Gasteiger partial charge in [-0.1, -0.05) is 59.8 Å². The van der Waals surface area contributed by atoms with E-state index in [1.165, 1.54) is 16.9 Å². The zero-order chi connectivity index (χ0) is 20.7. The molecule has 1 aromatic carbocycles. The van der Waals surface area contributed by atoms with Crippen molar-refractivity contribution in [1.82, 2.24) is 0 Å². The molecular weight excluding hydrogens is 388 g/mol. The Labute approximate surface area is 210 Å². The summed E-state index contributed by atoms with van der Waals surface area (Å²) in [5.74, 6) is 0.144. The third-order valence-electron chi connectivity index (χ3n) is 4.52. The van der Waals surface area contributed by atoms with Crippen LogP contribution in [-0.2, 0) is 15.6 Å².